The fraction of sp³-hybridized carbons (Fsp3) is 0.750. The van der Waals surface area contributed by atoms with Crippen LogP contribution in [0.5, 0.6) is 0 Å². The van der Waals surface area contributed by atoms with Gasteiger partial charge in [-0.25, -0.2) is 0 Å². The highest BCUT2D eigenvalue weighted by molar-refractivity contribution is 5.75. The minimum absolute atomic E-state index is 0.225. The standard InChI is InChI=1S/C12H23NO3/c1-6-10(14)13(7-2)8-9-16-11(15)12(3,4)5/h6,10,14H,1,7-9H2,2-5H3. The van der Waals surface area contributed by atoms with Crippen LogP contribution in [0.15, 0.2) is 12.7 Å². The summed E-state index contributed by atoms with van der Waals surface area (Å²) in [6.07, 6.45) is 0.771. The molecule has 0 rings (SSSR count). The van der Waals surface area contributed by atoms with Gasteiger partial charge in [0.1, 0.15) is 12.8 Å². The molecule has 1 N–H and O–H groups in total. The number of carbonyl (C=O) groups is 1. The lowest BCUT2D eigenvalue weighted by molar-refractivity contribution is -0.153. The molecule has 0 aromatic heterocycles. The molecule has 0 aliphatic carbocycles. The maximum absolute atomic E-state index is 11.5. The number of aliphatic hydroxyl groups excluding tert-OH is 1. The van der Waals surface area contributed by atoms with E-state index in [2.05, 4.69) is 6.58 Å². The first kappa shape index (κ1) is 15.1. The summed E-state index contributed by atoms with van der Waals surface area (Å²) in [6.45, 7) is 12.3. The quantitative estimate of drug-likeness (QED) is 0.425. The van der Waals surface area contributed by atoms with E-state index in [0.717, 1.165) is 0 Å². The predicted octanol–water partition coefficient (Wildman–Crippen LogP) is 1.40. The normalized spacial score (nSPS) is 13.6. The van der Waals surface area contributed by atoms with Crippen molar-refractivity contribution in [2.45, 2.75) is 33.9 Å². The average molecular weight is 229 g/mol. The first-order valence-corrected chi connectivity index (χ1v) is 5.54. The number of carbonyl (C=O) groups excluding carboxylic acids is 1. The third-order valence-corrected chi connectivity index (χ3v) is 2.22. The van der Waals surface area contributed by atoms with Crippen molar-refractivity contribution in [3.8, 4) is 0 Å². The van der Waals surface area contributed by atoms with Crippen LogP contribution >= 0.6 is 0 Å². The van der Waals surface area contributed by atoms with E-state index in [0.29, 0.717) is 13.1 Å². The summed E-state index contributed by atoms with van der Waals surface area (Å²) < 4.78 is 5.11. The monoisotopic (exact) mass is 229 g/mol. The Balaban J connectivity index is 3.97. The van der Waals surface area contributed by atoms with E-state index < -0.39 is 11.6 Å². The van der Waals surface area contributed by atoms with Crippen molar-refractivity contribution >= 4 is 5.97 Å². The summed E-state index contributed by atoms with van der Waals surface area (Å²) in [6, 6.07) is 0. The number of rotatable bonds is 6. The van der Waals surface area contributed by atoms with Crippen LogP contribution in [0, 0.1) is 5.41 Å². The minimum atomic E-state index is -0.682. The van der Waals surface area contributed by atoms with Crippen molar-refractivity contribution < 1.29 is 14.6 Å². The predicted molar refractivity (Wildman–Crippen MR) is 63.9 cm³/mol. The van der Waals surface area contributed by atoms with Crippen LogP contribution in [0.2, 0.25) is 0 Å². The maximum Gasteiger partial charge on any atom is 0.311 e. The van der Waals surface area contributed by atoms with E-state index in [1.54, 1.807) is 4.90 Å². The number of nitrogens with zero attached hydrogens (tertiary/aromatic N) is 1. The first-order valence-electron chi connectivity index (χ1n) is 5.54. The Morgan fingerprint density at radius 1 is 1.56 bits per heavy atom. The van der Waals surface area contributed by atoms with Gasteiger partial charge in [0.2, 0.25) is 0 Å². The molecule has 0 aliphatic heterocycles. The van der Waals surface area contributed by atoms with Gasteiger partial charge >= 0.3 is 5.97 Å². The van der Waals surface area contributed by atoms with Crippen molar-refractivity contribution in [1.82, 2.24) is 4.90 Å². The van der Waals surface area contributed by atoms with E-state index in [1.807, 2.05) is 27.7 Å². The number of likely N-dealkylation sites (N-methyl/N-ethyl adjacent to an activating group) is 1. The molecule has 0 amide bonds. The molecule has 16 heavy (non-hydrogen) atoms. The lowest BCUT2D eigenvalue weighted by atomic mass is 9.97. The van der Waals surface area contributed by atoms with Crippen LogP contribution in [0.25, 0.3) is 0 Å². The van der Waals surface area contributed by atoms with Gasteiger partial charge in [0.25, 0.3) is 0 Å². The van der Waals surface area contributed by atoms with E-state index >= 15 is 0 Å². The molecule has 0 aliphatic rings. The Morgan fingerprint density at radius 3 is 2.50 bits per heavy atom. The molecule has 0 saturated carbocycles. The van der Waals surface area contributed by atoms with Gasteiger partial charge in [-0.15, -0.1) is 0 Å². The van der Waals surface area contributed by atoms with Crippen LogP contribution in [-0.2, 0) is 9.53 Å². The van der Waals surface area contributed by atoms with E-state index in [9.17, 15) is 9.90 Å². The van der Waals surface area contributed by atoms with E-state index in [4.69, 9.17) is 4.74 Å². The molecule has 0 radical (unpaired) electrons. The van der Waals surface area contributed by atoms with Crippen molar-refractivity contribution in [2.24, 2.45) is 5.41 Å². The van der Waals surface area contributed by atoms with Crippen LogP contribution in [0.3, 0.4) is 0 Å². The fourth-order valence-electron chi connectivity index (χ4n) is 1.10. The van der Waals surface area contributed by atoms with Gasteiger partial charge in [-0.2, -0.15) is 0 Å². The van der Waals surface area contributed by atoms with E-state index in [1.165, 1.54) is 6.08 Å². The molecule has 0 fully saturated rings. The van der Waals surface area contributed by atoms with Crippen LogP contribution in [-0.4, -0.2) is 41.9 Å². The molecule has 0 aromatic rings. The summed E-state index contributed by atoms with van der Waals surface area (Å²) in [5, 5.41) is 9.51. The van der Waals surface area contributed by atoms with Gasteiger partial charge in [0.15, 0.2) is 0 Å². The number of esters is 1. The van der Waals surface area contributed by atoms with Crippen molar-refractivity contribution in [3.63, 3.8) is 0 Å². The van der Waals surface area contributed by atoms with Gasteiger partial charge in [-0.05, 0) is 33.4 Å². The Hall–Kier alpha value is -0.870. The molecule has 0 spiro atoms. The average Bonchev–Trinajstić information content (AvgIpc) is 2.21. The molecule has 4 heteroatoms. The third-order valence-electron chi connectivity index (χ3n) is 2.22. The molecule has 0 heterocycles. The summed E-state index contributed by atoms with van der Waals surface area (Å²) in [5.74, 6) is -0.225. The van der Waals surface area contributed by atoms with Crippen LogP contribution in [0.4, 0.5) is 0 Å². The highest BCUT2D eigenvalue weighted by Crippen LogP contribution is 2.14. The zero-order valence-corrected chi connectivity index (χ0v) is 10.7. The maximum atomic E-state index is 11.5. The smallest absolute Gasteiger partial charge is 0.311 e. The lowest BCUT2D eigenvalue weighted by Gasteiger charge is -2.24. The molecule has 0 aromatic carbocycles. The van der Waals surface area contributed by atoms with Gasteiger partial charge < -0.3 is 9.84 Å². The first-order chi connectivity index (χ1) is 7.32. The number of hydrogen-bond donors (Lipinski definition) is 1. The molecule has 4 nitrogen and oxygen atoms in total. The lowest BCUT2D eigenvalue weighted by Crippen LogP contribution is -2.37. The third kappa shape index (κ3) is 5.28. The van der Waals surface area contributed by atoms with Crippen molar-refractivity contribution in [2.75, 3.05) is 19.7 Å². The molecule has 0 bridgehead atoms. The SMILES string of the molecule is C=CC(O)N(CC)CCOC(=O)C(C)(C)C. The molecular weight excluding hydrogens is 206 g/mol. The number of hydrogen-bond acceptors (Lipinski definition) is 4. The minimum Gasteiger partial charge on any atom is -0.464 e. The van der Waals surface area contributed by atoms with E-state index in [-0.39, 0.29) is 12.6 Å². The Bertz CT molecular complexity index is 233. The van der Waals surface area contributed by atoms with Crippen LogP contribution < -0.4 is 0 Å². The van der Waals surface area contributed by atoms with Crippen molar-refractivity contribution in [1.29, 1.82) is 0 Å². The highest BCUT2D eigenvalue weighted by Gasteiger charge is 2.23. The van der Waals surface area contributed by atoms with Gasteiger partial charge in [0.05, 0.1) is 5.41 Å². The molecule has 1 unspecified atom stereocenters. The largest absolute Gasteiger partial charge is 0.464 e. The number of ether oxygens (including phenoxy) is 1. The topological polar surface area (TPSA) is 49.8 Å². The van der Waals surface area contributed by atoms with Gasteiger partial charge in [-0.1, -0.05) is 13.5 Å². The second-order valence-corrected chi connectivity index (χ2v) is 4.66. The fourth-order valence-corrected chi connectivity index (χ4v) is 1.10. The summed E-state index contributed by atoms with van der Waals surface area (Å²) in [7, 11) is 0. The molecule has 1 atom stereocenters. The van der Waals surface area contributed by atoms with Gasteiger partial charge in [0, 0.05) is 6.54 Å². The summed E-state index contributed by atoms with van der Waals surface area (Å²) in [4.78, 5) is 13.2. The Kier molecular flexibility index (Phi) is 6.29. The highest BCUT2D eigenvalue weighted by atomic mass is 16.5. The zero-order chi connectivity index (χ0) is 12.8. The Morgan fingerprint density at radius 2 is 2.12 bits per heavy atom. The molecule has 0 saturated heterocycles. The zero-order valence-electron chi connectivity index (χ0n) is 10.7. The second kappa shape index (κ2) is 6.66. The van der Waals surface area contributed by atoms with Crippen LogP contribution in [0.1, 0.15) is 27.7 Å². The van der Waals surface area contributed by atoms with Crippen molar-refractivity contribution in [3.05, 3.63) is 12.7 Å². The summed E-state index contributed by atoms with van der Waals surface area (Å²) in [5.41, 5.74) is -0.478. The summed E-state index contributed by atoms with van der Waals surface area (Å²) >= 11 is 0. The molecule has 94 valence electrons. The Labute approximate surface area is 97.9 Å². The number of aliphatic hydroxyl groups is 1. The molecular formula is C12H23NO3. The van der Waals surface area contributed by atoms with Gasteiger partial charge in [-0.3, -0.25) is 9.69 Å². The second-order valence-electron chi connectivity index (χ2n) is 4.66.